The van der Waals surface area contributed by atoms with Gasteiger partial charge in [-0.05, 0) is 66.4 Å². The Morgan fingerprint density at radius 1 is 0.697 bits per heavy atom. The van der Waals surface area contributed by atoms with Crippen molar-refractivity contribution in [2.45, 2.75) is 26.7 Å². The van der Waals surface area contributed by atoms with E-state index >= 15 is 0 Å². The molecule has 0 fully saturated rings. The summed E-state index contributed by atoms with van der Waals surface area (Å²) in [7, 11) is 0. The van der Waals surface area contributed by atoms with Crippen LogP contribution >= 0.6 is 0 Å². The fourth-order valence-corrected chi connectivity index (χ4v) is 3.01. The van der Waals surface area contributed by atoms with Crippen molar-refractivity contribution >= 4 is 11.8 Å². The number of hydrazine groups is 1. The first-order valence-corrected chi connectivity index (χ1v) is 11.1. The van der Waals surface area contributed by atoms with E-state index < -0.39 is 11.8 Å². The lowest BCUT2D eigenvalue weighted by Gasteiger charge is -2.10. The summed E-state index contributed by atoms with van der Waals surface area (Å²) in [5, 5.41) is 0. The Morgan fingerprint density at radius 2 is 1.18 bits per heavy atom. The average molecular weight is 447 g/mol. The maximum atomic E-state index is 12.3. The Hall–Kier alpha value is -3.80. The highest BCUT2D eigenvalue weighted by Crippen LogP contribution is 2.14. The summed E-state index contributed by atoms with van der Waals surface area (Å²) in [4.78, 5) is 24.6. The van der Waals surface area contributed by atoms with Crippen molar-refractivity contribution in [3.05, 3.63) is 95.6 Å². The molecule has 6 nitrogen and oxygen atoms in total. The summed E-state index contributed by atoms with van der Waals surface area (Å²) in [6.45, 7) is 5.46. The molecule has 3 rings (SSSR count). The second-order valence-electron chi connectivity index (χ2n) is 8.07. The zero-order valence-electron chi connectivity index (χ0n) is 19.0. The number of hydrogen-bond acceptors (Lipinski definition) is 4. The van der Waals surface area contributed by atoms with Gasteiger partial charge >= 0.3 is 0 Å². The van der Waals surface area contributed by atoms with Gasteiger partial charge in [-0.1, -0.05) is 44.2 Å². The first-order valence-electron chi connectivity index (χ1n) is 11.1. The summed E-state index contributed by atoms with van der Waals surface area (Å²) in [6, 6.07) is 23.7. The molecule has 2 amide bonds. The molecule has 33 heavy (non-hydrogen) atoms. The number of amides is 2. The molecule has 0 aliphatic rings. The number of nitrogens with one attached hydrogen (secondary N) is 2. The highest BCUT2D eigenvalue weighted by atomic mass is 16.5. The van der Waals surface area contributed by atoms with Crippen LogP contribution in [0.5, 0.6) is 11.5 Å². The predicted molar refractivity (Wildman–Crippen MR) is 128 cm³/mol. The van der Waals surface area contributed by atoms with Gasteiger partial charge in [-0.3, -0.25) is 20.4 Å². The van der Waals surface area contributed by atoms with E-state index in [9.17, 15) is 9.59 Å². The third-order valence-electron chi connectivity index (χ3n) is 4.99. The van der Waals surface area contributed by atoms with Crippen molar-refractivity contribution in [3.63, 3.8) is 0 Å². The fraction of sp³-hybridized carbons (Fsp3) is 0.259. The van der Waals surface area contributed by atoms with Crippen LogP contribution in [-0.2, 0) is 6.42 Å². The van der Waals surface area contributed by atoms with E-state index in [0.29, 0.717) is 41.8 Å². The average Bonchev–Trinajstić information content (AvgIpc) is 2.83. The van der Waals surface area contributed by atoms with E-state index in [4.69, 9.17) is 9.47 Å². The minimum absolute atomic E-state index is 0.405. The number of hydrogen-bond donors (Lipinski definition) is 2. The molecule has 0 bridgehead atoms. The second kappa shape index (κ2) is 12.3. The lowest BCUT2D eigenvalue weighted by atomic mass is 10.1. The third-order valence-corrected chi connectivity index (χ3v) is 4.99. The van der Waals surface area contributed by atoms with Crippen LogP contribution < -0.4 is 20.3 Å². The number of benzene rings is 3. The first-order chi connectivity index (χ1) is 16.0. The number of carbonyl (C=O) groups is 2. The molecular formula is C27H30N2O4. The molecule has 0 saturated heterocycles. The lowest BCUT2D eigenvalue weighted by molar-refractivity contribution is 0.0846. The van der Waals surface area contributed by atoms with Gasteiger partial charge in [0.2, 0.25) is 0 Å². The summed E-state index contributed by atoms with van der Waals surface area (Å²) < 4.78 is 11.4. The molecule has 2 N–H and O–H groups in total. The number of carbonyl (C=O) groups excluding carboxylic acids is 2. The molecule has 0 aromatic heterocycles. The summed E-state index contributed by atoms with van der Waals surface area (Å²) >= 11 is 0. The monoisotopic (exact) mass is 446 g/mol. The van der Waals surface area contributed by atoms with Gasteiger partial charge in [-0.25, -0.2) is 0 Å². The zero-order valence-corrected chi connectivity index (χ0v) is 19.0. The molecular weight excluding hydrogens is 416 g/mol. The van der Waals surface area contributed by atoms with Gasteiger partial charge in [-0.15, -0.1) is 0 Å². The Balaban J connectivity index is 1.41. The van der Waals surface area contributed by atoms with Crippen LogP contribution in [0, 0.1) is 5.92 Å². The molecule has 3 aromatic carbocycles. The van der Waals surface area contributed by atoms with Crippen LogP contribution in [0.1, 0.15) is 46.5 Å². The van der Waals surface area contributed by atoms with Crippen LogP contribution in [0.25, 0.3) is 0 Å². The van der Waals surface area contributed by atoms with Crippen LogP contribution in [0.2, 0.25) is 0 Å². The summed E-state index contributed by atoms with van der Waals surface area (Å²) in [5.74, 6) is 1.15. The first kappa shape index (κ1) is 23.9. The predicted octanol–water partition coefficient (Wildman–Crippen LogP) is 4.81. The van der Waals surface area contributed by atoms with Crippen molar-refractivity contribution in [1.29, 1.82) is 0 Å². The van der Waals surface area contributed by atoms with Crippen molar-refractivity contribution in [3.8, 4) is 11.5 Å². The standard InChI is InChI=1S/C27H30N2O4/c1-20(2)16-18-32-24-12-8-22(9-13-24)26(30)28-29-27(31)23-10-14-25(15-11-23)33-19-17-21-6-4-3-5-7-21/h3-15,20H,16-19H2,1-2H3,(H,28,30)(H,29,31). The molecule has 0 atom stereocenters. The van der Waals surface area contributed by atoms with E-state index in [1.807, 2.05) is 18.2 Å². The Kier molecular flexibility index (Phi) is 8.88. The third kappa shape index (κ3) is 8.00. The molecule has 172 valence electrons. The summed E-state index contributed by atoms with van der Waals surface area (Å²) in [5.41, 5.74) is 6.91. The van der Waals surface area contributed by atoms with Crippen molar-refractivity contribution in [2.75, 3.05) is 13.2 Å². The van der Waals surface area contributed by atoms with Crippen molar-refractivity contribution < 1.29 is 19.1 Å². The van der Waals surface area contributed by atoms with Gasteiger partial charge in [0.25, 0.3) is 11.8 Å². The molecule has 0 aliphatic carbocycles. The van der Waals surface area contributed by atoms with E-state index in [0.717, 1.165) is 12.8 Å². The molecule has 0 radical (unpaired) electrons. The molecule has 3 aromatic rings. The van der Waals surface area contributed by atoms with E-state index in [1.54, 1.807) is 48.5 Å². The van der Waals surface area contributed by atoms with Gasteiger partial charge < -0.3 is 9.47 Å². The lowest BCUT2D eigenvalue weighted by Crippen LogP contribution is -2.41. The van der Waals surface area contributed by atoms with Crippen LogP contribution in [0.3, 0.4) is 0 Å². The van der Waals surface area contributed by atoms with Crippen molar-refractivity contribution in [1.82, 2.24) is 10.9 Å². The van der Waals surface area contributed by atoms with E-state index in [-0.39, 0.29) is 0 Å². The topological polar surface area (TPSA) is 76.7 Å². The van der Waals surface area contributed by atoms with Gasteiger partial charge in [-0.2, -0.15) is 0 Å². The quantitative estimate of drug-likeness (QED) is 0.438. The SMILES string of the molecule is CC(C)CCOc1ccc(C(=O)NNC(=O)c2ccc(OCCc3ccccc3)cc2)cc1. The Bertz CT molecular complexity index is 1020. The molecule has 0 aliphatic heterocycles. The van der Waals surface area contributed by atoms with Gasteiger partial charge in [0.1, 0.15) is 11.5 Å². The number of rotatable bonds is 10. The van der Waals surface area contributed by atoms with Gasteiger partial charge in [0.15, 0.2) is 0 Å². The zero-order chi connectivity index (χ0) is 23.5. The molecule has 0 saturated carbocycles. The Labute approximate surface area is 194 Å². The molecule has 0 spiro atoms. The highest BCUT2D eigenvalue weighted by molar-refractivity contribution is 5.99. The minimum atomic E-state index is -0.409. The molecule has 0 heterocycles. The van der Waals surface area contributed by atoms with Crippen LogP contribution in [0.15, 0.2) is 78.9 Å². The van der Waals surface area contributed by atoms with Gasteiger partial charge in [0.05, 0.1) is 13.2 Å². The fourth-order valence-electron chi connectivity index (χ4n) is 3.01. The maximum Gasteiger partial charge on any atom is 0.269 e. The van der Waals surface area contributed by atoms with E-state index in [1.165, 1.54) is 5.56 Å². The largest absolute Gasteiger partial charge is 0.494 e. The maximum absolute atomic E-state index is 12.3. The smallest absolute Gasteiger partial charge is 0.269 e. The van der Waals surface area contributed by atoms with E-state index in [2.05, 4.69) is 36.8 Å². The minimum Gasteiger partial charge on any atom is -0.494 e. The summed E-state index contributed by atoms with van der Waals surface area (Å²) in [6.07, 6.45) is 1.77. The molecule has 0 unspecified atom stereocenters. The highest BCUT2D eigenvalue weighted by Gasteiger charge is 2.10. The Morgan fingerprint density at radius 3 is 1.67 bits per heavy atom. The van der Waals surface area contributed by atoms with Crippen LogP contribution in [-0.4, -0.2) is 25.0 Å². The van der Waals surface area contributed by atoms with Crippen LogP contribution in [0.4, 0.5) is 0 Å². The van der Waals surface area contributed by atoms with Crippen molar-refractivity contribution in [2.24, 2.45) is 5.92 Å². The normalized spacial score (nSPS) is 10.5. The second-order valence-corrected chi connectivity index (χ2v) is 8.07. The van der Waals surface area contributed by atoms with Gasteiger partial charge in [0, 0.05) is 17.5 Å². The molecule has 6 heteroatoms. The number of ether oxygens (including phenoxy) is 2.